The highest BCUT2D eigenvalue weighted by Gasteiger charge is 2.30. The molecule has 1 aromatic carbocycles. The number of carbonyl (C=O) groups is 1. The molecule has 34 heavy (non-hydrogen) atoms. The molecular weight excluding hydrogens is 437 g/mol. The fourth-order valence-corrected chi connectivity index (χ4v) is 4.85. The van der Waals surface area contributed by atoms with E-state index in [4.69, 9.17) is 15.2 Å². The zero-order valence-electron chi connectivity index (χ0n) is 19.9. The number of anilines is 3. The van der Waals surface area contributed by atoms with Crippen molar-refractivity contribution in [1.29, 1.82) is 0 Å². The second kappa shape index (κ2) is 11.0. The van der Waals surface area contributed by atoms with Crippen LogP contribution in [0.2, 0.25) is 0 Å². The Kier molecular flexibility index (Phi) is 7.84. The molecule has 2 heterocycles. The topological polar surface area (TPSA) is 102 Å². The van der Waals surface area contributed by atoms with Gasteiger partial charge in [0.2, 0.25) is 0 Å². The van der Waals surface area contributed by atoms with Crippen molar-refractivity contribution in [1.82, 2.24) is 10.3 Å². The summed E-state index contributed by atoms with van der Waals surface area (Å²) in [4.78, 5) is 18.5. The van der Waals surface area contributed by atoms with Crippen LogP contribution >= 0.6 is 0 Å². The summed E-state index contributed by atoms with van der Waals surface area (Å²) >= 11 is 0. The molecule has 184 valence electrons. The van der Waals surface area contributed by atoms with Crippen LogP contribution in [0.4, 0.5) is 21.7 Å². The number of nitrogens with one attached hydrogen (secondary N) is 2. The van der Waals surface area contributed by atoms with Crippen molar-refractivity contribution in [2.75, 3.05) is 37.5 Å². The fourth-order valence-electron chi connectivity index (χ4n) is 4.85. The van der Waals surface area contributed by atoms with Gasteiger partial charge in [0, 0.05) is 43.7 Å². The van der Waals surface area contributed by atoms with Gasteiger partial charge in [0.05, 0.1) is 18.8 Å². The number of hydrogen-bond acceptors (Lipinski definition) is 7. The number of likely N-dealkylation sites (N-methyl/N-ethyl adjacent to an activating group) is 2. The van der Waals surface area contributed by atoms with Crippen molar-refractivity contribution in [2.45, 2.75) is 56.7 Å². The van der Waals surface area contributed by atoms with E-state index >= 15 is 4.39 Å². The number of ether oxygens (including phenoxy) is 2. The van der Waals surface area contributed by atoms with Crippen LogP contribution in [0.5, 0.6) is 5.75 Å². The first-order valence-electron chi connectivity index (χ1n) is 12.0. The largest absolute Gasteiger partial charge is 0.490 e. The second-order valence-electron chi connectivity index (χ2n) is 8.99. The van der Waals surface area contributed by atoms with Gasteiger partial charge in [-0.25, -0.2) is 9.37 Å². The molecule has 2 atom stereocenters. The molecule has 1 aliphatic heterocycles. The third kappa shape index (κ3) is 5.59. The van der Waals surface area contributed by atoms with Crippen LogP contribution in [-0.2, 0) is 4.74 Å². The summed E-state index contributed by atoms with van der Waals surface area (Å²) < 4.78 is 26.6. The van der Waals surface area contributed by atoms with E-state index < -0.39 is 11.7 Å². The molecule has 1 aromatic heterocycles. The molecule has 2 unspecified atom stereocenters. The molecule has 8 nitrogen and oxygen atoms in total. The van der Waals surface area contributed by atoms with E-state index in [1.807, 2.05) is 43.3 Å². The second-order valence-corrected chi connectivity index (χ2v) is 8.99. The number of pyridine rings is 1. The van der Waals surface area contributed by atoms with Gasteiger partial charge in [-0.1, -0.05) is 18.9 Å². The summed E-state index contributed by atoms with van der Waals surface area (Å²) in [6.07, 6.45) is 5.98. The number of carbonyl (C=O) groups excluding carboxylic acids is 1. The van der Waals surface area contributed by atoms with Crippen molar-refractivity contribution in [3.05, 3.63) is 41.7 Å². The Morgan fingerprint density at radius 3 is 2.71 bits per heavy atom. The van der Waals surface area contributed by atoms with Crippen LogP contribution in [0.1, 0.15) is 48.9 Å². The lowest BCUT2D eigenvalue weighted by Crippen LogP contribution is -2.50. The van der Waals surface area contributed by atoms with Crippen LogP contribution in [-0.4, -0.2) is 56.4 Å². The van der Waals surface area contributed by atoms with E-state index in [2.05, 4.69) is 15.6 Å². The van der Waals surface area contributed by atoms with Gasteiger partial charge in [0.1, 0.15) is 17.7 Å². The lowest BCUT2D eigenvalue weighted by molar-refractivity contribution is 0.0256. The van der Waals surface area contributed by atoms with E-state index in [9.17, 15) is 4.79 Å². The average molecular weight is 472 g/mol. The van der Waals surface area contributed by atoms with Crippen molar-refractivity contribution >= 4 is 23.2 Å². The Labute approximate surface area is 200 Å². The molecule has 1 saturated carbocycles. The highest BCUT2D eigenvalue weighted by atomic mass is 19.1. The van der Waals surface area contributed by atoms with Crippen LogP contribution in [0.25, 0.3) is 0 Å². The van der Waals surface area contributed by atoms with E-state index in [1.165, 1.54) is 6.07 Å². The number of benzene rings is 1. The fraction of sp³-hybridized carbons (Fsp3) is 0.520. The van der Waals surface area contributed by atoms with Gasteiger partial charge in [-0.2, -0.15) is 0 Å². The maximum absolute atomic E-state index is 15.1. The van der Waals surface area contributed by atoms with Crippen LogP contribution < -0.4 is 26.0 Å². The molecule has 0 bridgehead atoms. The van der Waals surface area contributed by atoms with Gasteiger partial charge in [-0.3, -0.25) is 4.79 Å². The number of rotatable bonds is 8. The molecule has 0 radical (unpaired) electrons. The summed E-state index contributed by atoms with van der Waals surface area (Å²) in [6.45, 7) is 1.38. The summed E-state index contributed by atoms with van der Waals surface area (Å²) in [7, 11) is 3.78. The lowest BCUT2D eigenvalue weighted by atomic mass is 9.89. The summed E-state index contributed by atoms with van der Waals surface area (Å²) in [5, 5.41) is 6.50. The van der Waals surface area contributed by atoms with Gasteiger partial charge >= 0.3 is 0 Å². The predicted molar refractivity (Wildman–Crippen MR) is 130 cm³/mol. The Balaban J connectivity index is 1.59. The number of nitrogens with zero attached hydrogens (tertiary/aromatic N) is 2. The highest BCUT2D eigenvalue weighted by molar-refractivity contribution is 5.98. The Morgan fingerprint density at radius 1 is 1.21 bits per heavy atom. The van der Waals surface area contributed by atoms with E-state index in [-0.39, 0.29) is 35.4 Å². The zero-order valence-corrected chi connectivity index (χ0v) is 19.9. The first kappa shape index (κ1) is 24.2. The summed E-state index contributed by atoms with van der Waals surface area (Å²) in [5.74, 6) is -0.205. The number of amides is 1. The van der Waals surface area contributed by atoms with Gasteiger partial charge < -0.3 is 30.7 Å². The first-order chi connectivity index (χ1) is 16.5. The standard InChI is InChI=1S/C25H34FN5O3/c1-28-21-8-3-4-9-22(21)31(2)25-20(26)15-19(23(27)32)24(30-25)29-16-6-5-7-18(14-16)34-17-10-12-33-13-11-17/h5-7,14-15,17,21-22,28H,3-4,8-13H2,1-2H3,(H2,27,32)(H,29,30). The van der Waals surface area contributed by atoms with Crippen molar-refractivity contribution in [3.63, 3.8) is 0 Å². The number of nitrogens with two attached hydrogens (primary N) is 1. The molecule has 2 fully saturated rings. The normalized spacial score (nSPS) is 21.1. The molecule has 9 heteroatoms. The van der Waals surface area contributed by atoms with Crippen LogP contribution in [0.15, 0.2) is 30.3 Å². The summed E-state index contributed by atoms with van der Waals surface area (Å²) in [5.41, 5.74) is 6.23. The lowest BCUT2D eigenvalue weighted by Gasteiger charge is -2.38. The number of aromatic nitrogens is 1. The monoisotopic (exact) mass is 471 g/mol. The number of halogens is 1. The Bertz CT molecular complexity index is 999. The molecule has 2 aliphatic rings. The van der Waals surface area contributed by atoms with Crippen molar-refractivity contribution < 1.29 is 18.7 Å². The zero-order chi connectivity index (χ0) is 24.1. The Hall–Kier alpha value is -2.91. The molecule has 2 aromatic rings. The third-order valence-electron chi connectivity index (χ3n) is 6.72. The quantitative estimate of drug-likeness (QED) is 0.541. The predicted octanol–water partition coefficient (Wildman–Crippen LogP) is 3.59. The molecule has 0 spiro atoms. The molecule has 1 aliphatic carbocycles. The maximum atomic E-state index is 15.1. The van der Waals surface area contributed by atoms with E-state index in [0.717, 1.165) is 38.5 Å². The minimum absolute atomic E-state index is 0.000730. The number of primary amides is 1. The molecule has 4 N–H and O–H groups in total. The van der Waals surface area contributed by atoms with Crippen molar-refractivity contribution in [3.8, 4) is 5.75 Å². The molecule has 1 amide bonds. The van der Waals surface area contributed by atoms with Crippen LogP contribution in [0.3, 0.4) is 0 Å². The smallest absolute Gasteiger partial charge is 0.252 e. The van der Waals surface area contributed by atoms with Crippen LogP contribution in [0, 0.1) is 5.82 Å². The molecular formula is C25H34FN5O3. The highest BCUT2D eigenvalue weighted by Crippen LogP contribution is 2.31. The first-order valence-corrected chi connectivity index (χ1v) is 12.0. The third-order valence-corrected chi connectivity index (χ3v) is 6.72. The minimum atomic E-state index is -0.747. The van der Waals surface area contributed by atoms with E-state index in [1.54, 1.807) is 0 Å². The summed E-state index contributed by atoms with van der Waals surface area (Å²) in [6, 6.07) is 8.94. The van der Waals surface area contributed by atoms with Gasteiger partial charge in [0.15, 0.2) is 11.6 Å². The minimum Gasteiger partial charge on any atom is -0.490 e. The molecule has 4 rings (SSSR count). The SMILES string of the molecule is CNC1CCCCC1N(C)c1nc(Nc2cccc(OC3CCOCC3)c2)c(C(N)=O)cc1F. The van der Waals surface area contributed by atoms with E-state index in [0.29, 0.717) is 24.7 Å². The average Bonchev–Trinajstić information content (AvgIpc) is 2.85. The number of hydrogen-bond donors (Lipinski definition) is 3. The Morgan fingerprint density at radius 2 is 1.97 bits per heavy atom. The van der Waals surface area contributed by atoms with Gasteiger partial charge in [-0.15, -0.1) is 0 Å². The molecule has 1 saturated heterocycles. The van der Waals surface area contributed by atoms with Crippen molar-refractivity contribution in [2.24, 2.45) is 5.73 Å². The van der Waals surface area contributed by atoms with Gasteiger partial charge in [-0.05, 0) is 38.1 Å². The van der Waals surface area contributed by atoms with Gasteiger partial charge in [0.25, 0.3) is 5.91 Å². The maximum Gasteiger partial charge on any atom is 0.252 e.